The van der Waals surface area contributed by atoms with Gasteiger partial charge in [0.25, 0.3) is 0 Å². The molecule has 2 rings (SSSR count). The van der Waals surface area contributed by atoms with E-state index in [0.717, 1.165) is 25.7 Å². The third-order valence-corrected chi connectivity index (χ3v) is 3.57. The van der Waals surface area contributed by atoms with Gasteiger partial charge in [0.15, 0.2) is 0 Å². The lowest BCUT2D eigenvalue weighted by Crippen LogP contribution is -2.47. The lowest BCUT2D eigenvalue weighted by molar-refractivity contribution is 0.00718. The predicted molar refractivity (Wildman–Crippen MR) is 69.3 cm³/mol. The largest absolute Gasteiger partial charge is 0.388 e. The molecule has 1 aromatic heterocycles. The Hall–Kier alpha value is -1.63. The summed E-state index contributed by atoms with van der Waals surface area (Å²) in [6, 6.07) is -0.290. The molecule has 19 heavy (non-hydrogen) atoms. The van der Waals surface area contributed by atoms with Gasteiger partial charge in [-0.25, -0.2) is 9.78 Å². The predicted octanol–water partition coefficient (Wildman–Crippen LogP) is 0.309. The first kappa shape index (κ1) is 13.8. The van der Waals surface area contributed by atoms with Gasteiger partial charge in [-0.2, -0.15) is 5.10 Å². The van der Waals surface area contributed by atoms with Crippen LogP contribution in [0.1, 0.15) is 37.9 Å². The van der Waals surface area contributed by atoms with Gasteiger partial charge in [0.1, 0.15) is 12.2 Å². The lowest BCUT2D eigenvalue weighted by Gasteiger charge is -2.32. The van der Waals surface area contributed by atoms with Crippen molar-refractivity contribution in [3.05, 3.63) is 12.2 Å². The quantitative estimate of drug-likeness (QED) is 0.732. The second-order valence-corrected chi connectivity index (χ2v) is 5.12. The van der Waals surface area contributed by atoms with Crippen LogP contribution < -0.4 is 10.6 Å². The summed E-state index contributed by atoms with van der Waals surface area (Å²) >= 11 is 0. The van der Waals surface area contributed by atoms with Gasteiger partial charge in [0.05, 0.1) is 12.1 Å². The number of aromatic nitrogens is 3. The maximum absolute atomic E-state index is 11.6. The van der Waals surface area contributed by atoms with E-state index in [9.17, 15) is 9.90 Å². The molecule has 3 N–H and O–H groups in total. The lowest BCUT2D eigenvalue weighted by atomic mass is 9.85. The molecule has 7 nitrogen and oxygen atoms in total. The summed E-state index contributed by atoms with van der Waals surface area (Å²) in [6.07, 6.45) is 6.19. The zero-order chi connectivity index (χ0) is 13.7. The third kappa shape index (κ3) is 3.92. The fourth-order valence-corrected chi connectivity index (χ4v) is 2.33. The molecule has 0 radical (unpaired) electrons. The normalized spacial score (nSPS) is 18.0. The maximum atomic E-state index is 11.6. The Kier molecular flexibility index (Phi) is 4.36. The molecule has 1 aromatic rings. The highest BCUT2D eigenvalue weighted by molar-refractivity contribution is 5.73. The van der Waals surface area contributed by atoms with Crippen LogP contribution in [-0.2, 0) is 13.6 Å². The first-order valence-corrected chi connectivity index (χ1v) is 6.66. The fourth-order valence-electron chi connectivity index (χ4n) is 2.33. The molecular formula is C12H21N5O2. The molecular weight excluding hydrogens is 246 g/mol. The monoisotopic (exact) mass is 267 g/mol. The highest BCUT2D eigenvalue weighted by Gasteiger charge is 2.29. The number of hydrogen-bond donors (Lipinski definition) is 3. The summed E-state index contributed by atoms with van der Waals surface area (Å²) < 4.78 is 1.61. The Labute approximate surface area is 112 Å². The van der Waals surface area contributed by atoms with Gasteiger partial charge in [-0.1, -0.05) is 19.3 Å². The van der Waals surface area contributed by atoms with Crippen LogP contribution in [0.5, 0.6) is 0 Å². The minimum atomic E-state index is -0.736. The van der Waals surface area contributed by atoms with Crippen molar-refractivity contribution in [2.75, 3.05) is 6.54 Å². The van der Waals surface area contributed by atoms with Crippen LogP contribution in [0, 0.1) is 0 Å². The van der Waals surface area contributed by atoms with Crippen LogP contribution in [0.4, 0.5) is 4.79 Å². The molecule has 0 saturated heterocycles. The molecule has 1 aliphatic rings. The number of aliphatic hydroxyl groups is 1. The number of carbonyl (C=O) groups excluding carboxylic acids is 1. The number of amides is 2. The molecule has 0 atom stereocenters. The van der Waals surface area contributed by atoms with Crippen molar-refractivity contribution in [3.63, 3.8) is 0 Å². The van der Waals surface area contributed by atoms with Gasteiger partial charge >= 0.3 is 6.03 Å². The summed E-state index contributed by atoms with van der Waals surface area (Å²) in [4.78, 5) is 15.7. The Bertz CT molecular complexity index is 426. The van der Waals surface area contributed by atoms with Crippen molar-refractivity contribution >= 4 is 6.03 Å². The topological polar surface area (TPSA) is 92.1 Å². The Morgan fingerprint density at radius 1 is 1.42 bits per heavy atom. The average Bonchev–Trinajstić information content (AvgIpc) is 2.81. The summed E-state index contributed by atoms with van der Waals surface area (Å²) in [5, 5.41) is 19.6. The average molecular weight is 267 g/mol. The minimum Gasteiger partial charge on any atom is -0.388 e. The van der Waals surface area contributed by atoms with Gasteiger partial charge in [-0.05, 0) is 12.8 Å². The molecule has 1 saturated carbocycles. The molecule has 1 fully saturated rings. The Morgan fingerprint density at radius 3 is 2.79 bits per heavy atom. The smallest absolute Gasteiger partial charge is 0.315 e. The van der Waals surface area contributed by atoms with E-state index >= 15 is 0 Å². The van der Waals surface area contributed by atoms with Crippen LogP contribution in [0.25, 0.3) is 0 Å². The van der Waals surface area contributed by atoms with E-state index in [1.807, 2.05) is 0 Å². The Balaban J connectivity index is 1.71. The van der Waals surface area contributed by atoms with Crippen LogP contribution in [0.3, 0.4) is 0 Å². The third-order valence-electron chi connectivity index (χ3n) is 3.57. The second kappa shape index (κ2) is 6.01. The minimum absolute atomic E-state index is 0.290. The molecule has 0 bridgehead atoms. The molecule has 0 unspecified atom stereocenters. The summed E-state index contributed by atoms with van der Waals surface area (Å²) in [7, 11) is 1.77. The molecule has 2 amide bonds. The first-order chi connectivity index (χ1) is 9.09. The van der Waals surface area contributed by atoms with Crippen molar-refractivity contribution in [1.29, 1.82) is 0 Å². The van der Waals surface area contributed by atoms with Gasteiger partial charge in [-0.15, -0.1) is 0 Å². The van der Waals surface area contributed by atoms with E-state index in [1.165, 1.54) is 12.7 Å². The van der Waals surface area contributed by atoms with Crippen molar-refractivity contribution < 1.29 is 9.90 Å². The Morgan fingerprint density at radius 2 is 2.16 bits per heavy atom. The van der Waals surface area contributed by atoms with Gasteiger partial charge < -0.3 is 15.7 Å². The summed E-state index contributed by atoms with van der Waals surface area (Å²) in [6.45, 7) is 0.623. The van der Waals surface area contributed by atoms with Gasteiger partial charge in [0, 0.05) is 13.6 Å². The highest BCUT2D eigenvalue weighted by Crippen LogP contribution is 2.27. The standard InChI is InChI=1S/C12H21N5O2/c1-17-10(15-9-16-17)7-13-11(18)14-8-12(19)5-3-2-4-6-12/h9,19H,2-8H2,1H3,(H2,13,14,18). The van der Waals surface area contributed by atoms with E-state index in [1.54, 1.807) is 11.7 Å². The van der Waals surface area contributed by atoms with Crippen molar-refractivity contribution in [3.8, 4) is 0 Å². The molecule has 0 aliphatic heterocycles. The number of aryl methyl sites for hydroxylation is 1. The molecule has 1 aliphatic carbocycles. The zero-order valence-corrected chi connectivity index (χ0v) is 11.2. The maximum Gasteiger partial charge on any atom is 0.315 e. The van der Waals surface area contributed by atoms with Gasteiger partial charge in [-0.3, -0.25) is 4.68 Å². The van der Waals surface area contributed by atoms with Crippen molar-refractivity contribution in [2.24, 2.45) is 7.05 Å². The molecule has 0 spiro atoms. The summed E-state index contributed by atoms with van der Waals surface area (Å²) in [5.74, 6) is 0.687. The van der Waals surface area contributed by atoms with Gasteiger partial charge in [0.2, 0.25) is 0 Å². The van der Waals surface area contributed by atoms with E-state index in [2.05, 4.69) is 20.7 Å². The number of rotatable bonds is 4. The zero-order valence-electron chi connectivity index (χ0n) is 11.2. The van der Waals surface area contributed by atoms with E-state index in [0.29, 0.717) is 18.9 Å². The molecule has 1 heterocycles. The molecule has 0 aromatic carbocycles. The molecule has 106 valence electrons. The van der Waals surface area contributed by atoms with Crippen molar-refractivity contribution in [2.45, 2.75) is 44.2 Å². The fraction of sp³-hybridized carbons (Fsp3) is 0.750. The second-order valence-electron chi connectivity index (χ2n) is 5.12. The number of hydrogen-bond acceptors (Lipinski definition) is 4. The van der Waals surface area contributed by atoms with Crippen LogP contribution in [0.15, 0.2) is 6.33 Å². The number of urea groups is 1. The first-order valence-electron chi connectivity index (χ1n) is 6.66. The van der Waals surface area contributed by atoms with E-state index < -0.39 is 5.60 Å². The molecule has 7 heteroatoms. The van der Waals surface area contributed by atoms with E-state index in [4.69, 9.17) is 0 Å². The number of nitrogens with one attached hydrogen (secondary N) is 2. The van der Waals surface area contributed by atoms with Crippen LogP contribution in [0.2, 0.25) is 0 Å². The number of nitrogens with zero attached hydrogens (tertiary/aromatic N) is 3. The van der Waals surface area contributed by atoms with E-state index in [-0.39, 0.29) is 6.03 Å². The highest BCUT2D eigenvalue weighted by atomic mass is 16.3. The van der Waals surface area contributed by atoms with Crippen LogP contribution in [-0.4, -0.2) is 38.0 Å². The van der Waals surface area contributed by atoms with Crippen LogP contribution >= 0.6 is 0 Å². The van der Waals surface area contributed by atoms with Crippen molar-refractivity contribution in [1.82, 2.24) is 25.4 Å². The number of carbonyl (C=O) groups is 1. The summed E-state index contributed by atoms with van der Waals surface area (Å²) in [5.41, 5.74) is -0.736. The SMILES string of the molecule is Cn1ncnc1CNC(=O)NCC1(O)CCCCC1.